The van der Waals surface area contributed by atoms with E-state index in [-0.39, 0.29) is 5.91 Å². The molecular weight excluding hydrogens is 314 g/mol. The van der Waals surface area contributed by atoms with E-state index >= 15 is 0 Å². The minimum absolute atomic E-state index is 0.200. The van der Waals surface area contributed by atoms with Gasteiger partial charge in [-0.15, -0.1) is 11.3 Å². The van der Waals surface area contributed by atoms with Crippen LogP contribution in [0.25, 0.3) is 0 Å². The number of rotatable bonds is 5. The van der Waals surface area contributed by atoms with E-state index in [2.05, 4.69) is 35.2 Å². The molecule has 22 heavy (non-hydrogen) atoms. The van der Waals surface area contributed by atoms with Crippen molar-refractivity contribution in [3.8, 4) is 0 Å². The molecule has 2 aromatic rings. The zero-order chi connectivity index (χ0) is 15.8. The van der Waals surface area contributed by atoms with Crippen LogP contribution >= 0.6 is 23.6 Å². The van der Waals surface area contributed by atoms with Crippen molar-refractivity contribution in [3.05, 3.63) is 52.2 Å². The Bertz CT molecular complexity index is 609. The van der Waals surface area contributed by atoms with Crippen LogP contribution in [0.15, 0.2) is 41.8 Å². The van der Waals surface area contributed by atoms with Crippen molar-refractivity contribution in [1.29, 1.82) is 0 Å². The Kier molecular flexibility index (Phi) is 6.36. The van der Waals surface area contributed by atoms with Crippen LogP contribution in [0, 0.1) is 0 Å². The van der Waals surface area contributed by atoms with Crippen molar-refractivity contribution in [3.63, 3.8) is 0 Å². The Hall–Kier alpha value is -1.92. The molecule has 0 unspecified atom stereocenters. The lowest BCUT2D eigenvalue weighted by Crippen LogP contribution is -2.43. The summed E-state index contributed by atoms with van der Waals surface area (Å²) in [5, 5.41) is 5.24. The van der Waals surface area contributed by atoms with Gasteiger partial charge in [0.25, 0.3) is 5.91 Å². The van der Waals surface area contributed by atoms with E-state index in [1.165, 1.54) is 29.7 Å². The van der Waals surface area contributed by atoms with Gasteiger partial charge in [0.15, 0.2) is 5.11 Å². The van der Waals surface area contributed by atoms with Crippen LogP contribution in [0.1, 0.15) is 35.0 Å². The number of aryl methyl sites for hydroxylation is 1. The van der Waals surface area contributed by atoms with Gasteiger partial charge in [-0.3, -0.25) is 15.6 Å². The van der Waals surface area contributed by atoms with Crippen molar-refractivity contribution in [2.45, 2.75) is 26.2 Å². The fourth-order valence-electron chi connectivity index (χ4n) is 1.88. The van der Waals surface area contributed by atoms with Gasteiger partial charge in [-0.2, -0.15) is 0 Å². The first-order valence-electron chi connectivity index (χ1n) is 7.19. The van der Waals surface area contributed by atoms with Crippen molar-refractivity contribution < 1.29 is 4.79 Å². The third kappa shape index (κ3) is 5.13. The number of amides is 1. The van der Waals surface area contributed by atoms with Gasteiger partial charge in [-0.1, -0.05) is 31.5 Å². The highest BCUT2D eigenvalue weighted by molar-refractivity contribution is 7.80. The zero-order valence-electron chi connectivity index (χ0n) is 12.4. The molecule has 3 N–H and O–H groups in total. The number of thiocarbonyl (C=S) groups is 1. The molecule has 2 rings (SSSR count). The molecule has 116 valence electrons. The summed E-state index contributed by atoms with van der Waals surface area (Å²) in [7, 11) is 0. The molecule has 0 aliphatic rings. The maximum atomic E-state index is 11.8. The van der Waals surface area contributed by atoms with Gasteiger partial charge in [-0.05, 0) is 54.2 Å². The number of anilines is 1. The number of benzene rings is 1. The lowest BCUT2D eigenvalue weighted by molar-refractivity contribution is 0.0948. The van der Waals surface area contributed by atoms with Gasteiger partial charge < -0.3 is 5.32 Å². The number of carbonyl (C=O) groups is 1. The average molecular weight is 333 g/mol. The van der Waals surface area contributed by atoms with Crippen LogP contribution in [-0.2, 0) is 6.42 Å². The molecule has 0 saturated heterocycles. The summed E-state index contributed by atoms with van der Waals surface area (Å²) in [5.74, 6) is -0.200. The number of carbonyl (C=O) groups excluding carboxylic acids is 1. The molecule has 0 atom stereocenters. The number of hydrogen-bond donors (Lipinski definition) is 3. The smallest absolute Gasteiger partial charge is 0.279 e. The van der Waals surface area contributed by atoms with Crippen LogP contribution in [0.4, 0.5) is 5.69 Å². The highest BCUT2D eigenvalue weighted by Gasteiger charge is 2.06. The molecule has 4 nitrogen and oxygen atoms in total. The molecule has 0 fully saturated rings. The number of thiophene rings is 1. The quantitative estimate of drug-likeness (QED) is 0.576. The summed E-state index contributed by atoms with van der Waals surface area (Å²) in [6.07, 6.45) is 3.48. The Morgan fingerprint density at radius 2 is 1.95 bits per heavy atom. The van der Waals surface area contributed by atoms with Crippen molar-refractivity contribution >= 4 is 40.3 Å². The van der Waals surface area contributed by atoms with Crippen LogP contribution in [0.2, 0.25) is 0 Å². The Morgan fingerprint density at radius 1 is 1.18 bits per heavy atom. The SMILES string of the molecule is CCCCc1ccc(NC(=S)NNC(=O)c2cccs2)cc1. The molecule has 0 aliphatic carbocycles. The molecule has 6 heteroatoms. The standard InChI is InChI=1S/C16H19N3OS2/c1-2-3-5-12-7-9-13(10-8-12)17-16(21)19-18-15(20)14-6-4-11-22-14/h4,6-11H,2-3,5H2,1H3,(H,18,20)(H2,17,19,21). The number of hydrogen-bond acceptors (Lipinski definition) is 3. The predicted molar refractivity (Wildman–Crippen MR) is 96.2 cm³/mol. The maximum absolute atomic E-state index is 11.8. The van der Waals surface area contributed by atoms with Gasteiger partial charge in [0.05, 0.1) is 4.88 Å². The minimum Gasteiger partial charge on any atom is -0.331 e. The normalized spacial score (nSPS) is 10.0. The largest absolute Gasteiger partial charge is 0.331 e. The summed E-state index contributed by atoms with van der Waals surface area (Å²) in [6, 6.07) is 11.7. The lowest BCUT2D eigenvalue weighted by Gasteiger charge is -2.11. The van der Waals surface area contributed by atoms with Crippen molar-refractivity contribution in [1.82, 2.24) is 10.9 Å². The van der Waals surface area contributed by atoms with Gasteiger partial charge in [0.2, 0.25) is 0 Å². The fraction of sp³-hybridized carbons (Fsp3) is 0.250. The van der Waals surface area contributed by atoms with Gasteiger partial charge in [-0.25, -0.2) is 0 Å². The fourth-order valence-corrected chi connectivity index (χ4v) is 2.67. The molecule has 0 spiro atoms. The third-order valence-electron chi connectivity index (χ3n) is 3.07. The predicted octanol–water partition coefficient (Wildman–Crippen LogP) is 3.72. The van der Waals surface area contributed by atoms with E-state index in [1.807, 2.05) is 23.6 Å². The van der Waals surface area contributed by atoms with Crippen LogP contribution in [-0.4, -0.2) is 11.0 Å². The van der Waals surface area contributed by atoms with Crippen molar-refractivity contribution in [2.24, 2.45) is 0 Å². The highest BCUT2D eigenvalue weighted by Crippen LogP contribution is 2.11. The summed E-state index contributed by atoms with van der Waals surface area (Å²) in [4.78, 5) is 12.4. The van der Waals surface area contributed by atoms with E-state index < -0.39 is 0 Å². The molecule has 0 bridgehead atoms. The number of hydrazine groups is 1. The first-order valence-corrected chi connectivity index (χ1v) is 8.47. The second-order valence-corrected chi connectivity index (χ2v) is 6.17. The Labute approximate surface area is 139 Å². The van der Waals surface area contributed by atoms with E-state index in [9.17, 15) is 4.79 Å². The van der Waals surface area contributed by atoms with Crippen LogP contribution in [0.3, 0.4) is 0 Å². The molecule has 0 radical (unpaired) electrons. The third-order valence-corrected chi connectivity index (χ3v) is 4.14. The second-order valence-electron chi connectivity index (χ2n) is 4.81. The Balaban J connectivity index is 1.78. The molecule has 0 aliphatic heterocycles. The average Bonchev–Trinajstić information content (AvgIpc) is 3.06. The maximum Gasteiger partial charge on any atom is 0.279 e. The van der Waals surface area contributed by atoms with Crippen LogP contribution < -0.4 is 16.2 Å². The molecule has 1 heterocycles. The molecule has 1 aromatic carbocycles. The topological polar surface area (TPSA) is 53.2 Å². The van der Waals surface area contributed by atoms with Gasteiger partial charge >= 0.3 is 0 Å². The van der Waals surface area contributed by atoms with E-state index in [0.29, 0.717) is 9.99 Å². The van der Waals surface area contributed by atoms with Crippen molar-refractivity contribution in [2.75, 3.05) is 5.32 Å². The van der Waals surface area contributed by atoms with Crippen LogP contribution in [0.5, 0.6) is 0 Å². The monoisotopic (exact) mass is 333 g/mol. The summed E-state index contributed by atoms with van der Waals surface area (Å²) in [6.45, 7) is 2.19. The van der Waals surface area contributed by atoms with Gasteiger partial charge in [0, 0.05) is 5.69 Å². The number of nitrogens with one attached hydrogen (secondary N) is 3. The molecule has 1 amide bonds. The summed E-state index contributed by atoms with van der Waals surface area (Å²) < 4.78 is 0. The van der Waals surface area contributed by atoms with E-state index in [1.54, 1.807) is 6.07 Å². The number of unbranched alkanes of at least 4 members (excludes halogenated alkanes) is 1. The molecular formula is C16H19N3OS2. The first-order chi connectivity index (χ1) is 10.7. The zero-order valence-corrected chi connectivity index (χ0v) is 14.0. The minimum atomic E-state index is -0.200. The highest BCUT2D eigenvalue weighted by atomic mass is 32.1. The second kappa shape index (κ2) is 8.51. The first kappa shape index (κ1) is 16.5. The lowest BCUT2D eigenvalue weighted by atomic mass is 10.1. The van der Waals surface area contributed by atoms with E-state index in [0.717, 1.165) is 12.1 Å². The summed E-state index contributed by atoms with van der Waals surface area (Å²) >= 11 is 6.53. The van der Waals surface area contributed by atoms with E-state index in [4.69, 9.17) is 12.2 Å². The molecule has 0 saturated carbocycles. The Morgan fingerprint density at radius 3 is 2.59 bits per heavy atom. The molecule has 1 aromatic heterocycles. The summed E-state index contributed by atoms with van der Waals surface area (Å²) in [5.41, 5.74) is 7.47. The van der Waals surface area contributed by atoms with Gasteiger partial charge in [0.1, 0.15) is 0 Å².